The summed E-state index contributed by atoms with van der Waals surface area (Å²) in [6.45, 7) is 5.18. The van der Waals surface area contributed by atoms with Crippen molar-refractivity contribution in [3.05, 3.63) is 23.3 Å². The van der Waals surface area contributed by atoms with E-state index in [9.17, 15) is 0 Å². The molecule has 0 saturated carbocycles. The number of nitrogens with zero attached hydrogens (tertiary/aromatic N) is 2. The Bertz CT molecular complexity index is 303. The first-order valence-electron chi connectivity index (χ1n) is 4.81. The first kappa shape index (κ1) is 8.63. The van der Waals surface area contributed by atoms with Crippen LogP contribution in [0.2, 0.25) is 0 Å². The van der Waals surface area contributed by atoms with E-state index >= 15 is 0 Å². The monoisotopic (exact) mass is 177 g/mol. The van der Waals surface area contributed by atoms with Crippen LogP contribution in [0.25, 0.3) is 0 Å². The van der Waals surface area contributed by atoms with Crippen molar-refractivity contribution in [2.45, 2.75) is 32.7 Å². The Balaban J connectivity index is 2.25. The highest BCUT2D eigenvalue weighted by molar-refractivity contribution is 5.15. The number of aromatic nitrogens is 2. The normalized spacial score (nSPS) is 22.2. The fraction of sp³-hybridized carbons (Fsp3) is 0.600. The summed E-state index contributed by atoms with van der Waals surface area (Å²) in [6.07, 6.45) is 4.32. The van der Waals surface area contributed by atoms with Crippen molar-refractivity contribution in [3.63, 3.8) is 0 Å². The molecule has 0 radical (unpaired) electrons. The molecule has 3 nitrogen and oxygen atoms in total. The maximum atomic E-state index is 4.48. The van der Waals surface area contributed by atoms with Gasteiger partial charge in [-0.25, -0.2) is 9.97 Å². The van der Waals surface area contributed by atoms with Gasteiger partial charge >= 0.3 is 0 Å². The Morgan fingerprint density at radius 2 is 2.31 bits per heavy atom. The number of aryl methyl sites for hydroxylation is 2. The molecular weight excluding hydrogens is 162 g/mol. The Morgan fingerprint density at radius 3 is 2.92 bits per heavy atom. The van der Waals surface area contributed by atoms with E-state index in [4.69, 9.17) is 0 Å². The Hall–Kier alpha value is -0.960. The van der Waals surface area contributed by atoms with Gasteiger partial charge in [0.2, 0.25) is 0 Å². The highest BCUT2D eigenvalue weighted by Gasteiger charge is 2.18. The zero-order chi connectivity index (χ0) is 9.26. The van der Waals surface area contributed by atoms with E-state index in [1.165, 1.54) is 18.4 Å². The molecule has 13 heavy (non-hydrogen) atoms. The van der Waals surface area contributed by atoms with Crippen LogP contribution in [0.15, 0.2) is 6.20 Å². The summed E-state index contributed by atoms with van der Waals surface area (Å²) in [7, 11) is 0. The number of nitrogens with one attached hydrogen (secondary N) is 1. The van der Waals surface area contributed by atoms with Crippen LogP contribution in [0.5, 0.6) is 0 Å². The van der Waals surface area contributed by atoms with Gasteiger partial charge in [0.1, 0.15) is 5.82 Å². The molecule has 70 valence electrons. The SMILES string of the molecule is Cc1cnc(C2CCCN2)nc1C. The minimum absolute atomic E-state index is 0.388. The van der Waals surface area contributed by atoms with Crippen molar-refractivity contribution in [2.75, 3.05) is 6.54 Å². The second-order valence-corrected chi connectivity index (χ2v) is 3.65. The van der Waals surface area contributed by atoms with E-state index in [-0.39, 0.29) is 0 Å². The van der Waals surface area contributed by atoms with Crippen molar-refractivity contribution in [1.82, 2.24) is 15.3 Å². The highest BCUT2D eigenvalue weighted by Crippen LogP contribution is 2.19. The summed E-state index contributed by atoms with van der Waals surface area (Å²) < 4.78 is 0. The molecule has 1 saturated heterocycles. The van der Waals surface area contributed by atoms with Gasteiger partial charge in [-0.3, -0.25) is 0 Å². The third-order valence-electron chi connectivity index (χ3n) is 2.62. The molecule has 1 unspecified atom stereocenters. The Kier molecular flexibility index (Phi) is 2.27. The molecule has 0 amide bonds. The molecule has 1 aliphatic heterocycles. The molecule has 0 aliphatic carbocycles. The molecule has 0 bridgehead atoms. The Labute approximate surface area is 78.6 Å². The van der Waals surface area contributed by atoms with Crippen molar-refractivity contribution < 1.29 is 0 Å². The van der Waals surface area contributed by atoms with Gasteiger partial charge in [0.15, 0.2) is 0 Å². The number of hydrogen-bond acceptors (Lipinski definition) is 3. The van der Waals surface area contributed by atoms with Gasteiger partial charge < -0.3 is 5.32 Å². The van der Waals surface area contributed by atoms with Crippen LogP contribution in [0.4, 0.5) is 0 Å². The molecule has 1 aromatic rings. The van der Waals surface area contributed by atoms with Crippen LogP contribution in [-0.4, -0.2) is 16.5 Å². The van der Waals surface area contributed by atoms with Crippen molar-refractivity contribution in [1.29, 1.82) is 0 Å². The third kappa shape index (κ3) is 1.70. The molecule has 2 rings (SSSR count). The van der Waals surface area contributed by atoms with Gasteiger partial charge in [0, 0.05) is 11.9 Å². The highest BCUT2D eigenvalue weighted by atomic mass is 15.0. The van der Waals surface area contributed by atoms with E-state index in [0.717, 1.165) is 18.1 Å². The molecule has 2 heterocycles. The Morgan fingerprint density at radius 1 is 1.46 bits per heavy atom. The number of rotatable bonds is 1. The van der Waals surface area contributed by atoms with Crippen molar-refractivity contribution >= 4 is 0 Å². The first-order chi connectivity index (χ1) is 6.27. The summed E-state index contributed by atoms with van der Waals surface area (Å²) in [5.41, 5.74) is 2.26. The average molecular weight is 177 g/mol. The van der Waals surface area contributed by atoms with Crippen LogP contribution >= 0.6 is 0 Å². The lowest BCUT2D eigenvalue weighted by Gasteiger charge is -2.09. The zero-order valence-electron chi connectivity index (χ0n) is 8.17. The van der Waals surface area contributed by atoms with Gasteiger partial charge in [-0.15, -0.1) is 0 Å². The maximum Gasteiger partial charge on any atom is 0.145 e. The van der Waals surface area contributed by atoms with E-state index in [1.807, 2.05) is 20.0 Å². The summed E-state index contributed by atoms with van der Waals surface area (Å²) in [4.78, 5) is 8.83. The van der Waals surface area contributed by atoms with E-state index in [1.54, 1.807) is 0 Å². The van der Waals surface area contributed by atoms with E-state index < -0.39 is 0 Å². The van der Waals surface area contributed by atoms with Crippen LogP contribution in [0.1, 0.15) is 36.0 Å². The lowest BCUT2D eigenvalue weighted by Crippen LogP contribution is -2.16. The van der Waals surface area contributed by atoms with Crippen LogP contribution in [-0.2, 0) is 0 Å². The molecule has 1 atom stereocenters. The largest absolute Gasteiger partial charge is 0.307 e. The van der Waals surface area contributed by atoms with Gasteiger partial charge in [-0.2, -0.15) is 0 Å². The second kappa shape index (κ2) is 3.42. The van der Waals surface area contributed by atoms with E-state index in [2.05, 4.69) is 15.3 Å². The summed E-state index contributed by atoms with van der Waals surface area (Å²) in [6, 6.07) is 0.388. The van der Waals surface area contributed by atoms with Gasteiger partial charge in [0.25, 0.3) is 0 Å². The van der Waals surface area contributed by atoms with Gasteiger partial charge in [-0.1, -0.05) is 0 Å². The first-order valence-corrected chi connectivity index (χ1v) is 4.81. The second-order valence-electron chi connectivity index (χ2n) is 3.65. The van der Waals surface area contributed by atoms with Crippen molar-refractivity contribution in [2.24, 2.45) is 0 Å². The van der Waals surface area contributed by atoms with Crippen molar-refractivity contribution in [3.8, 4) is 0 Å². The standard InChI is InChI=1S/C10H15N3/c1-7-6-12-10(13-8(7)2)9-4-3-5-11-9/h6,9,11H,3-5H2,1-2H3. The molecule has 1 fully saturated rings. The lowest BCUT2D eigenvalue weighted by molar-refractivity contribution is 0.601. The summed E-state index contributed by atoms with van der Waals surface area (Å²) in [5, 5.41) is 3.39. The molecule has 3 heteroatoms. The lowest BCUT2D eigenvalue weighted by atomic mass is 10.2. The molecular formula is C10H15N3. The zero-order valence-corrected chi connectivity index (χ0v) is 8.17. The molecule has 0 aromatic carbocycles. The van der Waals surface area contributed by atoms with Crippen LogP contribution < -0.4 is 5.32 Å². The number of hydrogen-bond donors (Lipinski definition) is 1. The van der Waals surface area contributed by atoms with Gasteiger partial charge in [0.05, 0.1) is 6.04 Å². The molecule has 1 aromatic heterocycles. The maximum absolute atomic E-state index is 4.48. The minimum atomic E-state index is 0.388. The summed E-state index contributed by atoms with van der Waals surface area (Å²) >= 11 is 0. The molecule has 1 N–H and O–H groups in total. The fourth-order valence-corrected chi connectivity index (χ4v) is 1.62. The third-order valence-corrected chi connectivity index (χ3v) is 2.62. The predicted molar refractivity (Wildman–Crippen MR) is 51.5 cm³/mol. The molecule has 0 spiro atoms. The predicted octanol–water partition coefficient (Wildman–Crippen LogP) is 1.52. The fourth-order valence-electron chi connectivity index (χ4n) is 1.62. The quantitative estimate of drug-likeness (QED) is 0.706. The topological polar surface area (TPSA) is 37.8 Å². The van der Waals surface area contributed by atoms with Crippen LogP contribution in [0.3, 0.4) is 0 Å². The van der Waals surface area contributed by atoms with E-state index in [0.29, 0.717) is 6.04 Å². The summed E-state index contributed by atoms with van der Waals surface area (Å²) in [5.74, 6) is 0.959. The van der Waals surface area contributed by atoms with Crippen LogP contribution in [0, 0.1) is 13.8 Å². The molecule has 1 aliphatic rings. The minimum Gasteiger partial charge on any atom is -0.307 e. The average Bonchev–Trinajstić information content (AvgIpc) is 2.62. The smallest absolute Gasteiger partial charge is 0.145 e. The van der Waals surface area contributed by atoms with Gasteiger partial charge in [-0.05, 0) is 38.8 Å².